The van der Waals surface area contributed by atoms with E-state index in [1.165, 1.54) is 11.1 Å². The summed E-state index contributed by atoms with van der Waals surface area (Å²) < 4.78 is 6.11. The van der Waals surface area contributed by atoms with Crippen LogP contribution in [0.1, 0.15) is 67.7 Å². The maximum absolute atomic E-state index is 14.1. The van der Waals surface area contributed by atoms with Gasteiger partial charge in [0, 0.05) is 25.7 Å². The Hall–Kier alpha value is -3.24. The maximum atomic E-state index is 14.1. The summed E-state index contributed by atoms with van der Waals surface area (Å²) in [7, 11) is -1.04. The van der Waals surface area contributed by atoms with Crippen LogP contribution in [0.5, 0.6) is 5.75 Å². The fourth-order valence-electron chi connectivity index (χ4n) is 8.45. The highest BCUT2D eigenvalue weighted by atomic mass is 16.5. The zero-order chi connectivity index (χ0) is 32.5. The SMILES string of the molecule is CC/C(=C\c1cc(C)c(O)c(C)c1)CC[C@H]1OB(O)C[C@H]2C1=C(CO)C[C@H]1C(=O)N(C3CCN(Cc4ccccc4)CC3)C(=O)[C@H]12. The number of fused-ring (bicyclic) bond motifs is 3. The Balaban J connectivity index is 1.17. The summed E-state index contributed by atoms with van der Waals surface area (Å²) in [6, 6.07) is 14.2. The Kier molecular flexibility index (Phi) is 9.85. The van der Waals surface area contributed by atoms with Crippen LogP contribution in [-0.4, -0.2) is 75.8 Å². The van der Waals surface area contributed by atoms with Gasteiger partial charge in [-0.05, 0) is 110 Å². The molecule has 9 heteroatoms. The third-order valence-corrected chi connectivity index (χ3v) is 10.8. The zero-order valence-corrected chi connectivity index (χ0v) is 27.3. The molecule has 3 saturated heterocycles. The predicted octanol–water partition coefficient (Wildman–Crippen LogP) is 5.04. The van der Waals surface area contributed by atoms with Crippen LogP contribution in [-0.2, 0) is 20.8 Å². The normalized spacial score (nSPS) is 26.2. The minimum atomic E-state index is -1.04. The van der Waals surface area contributed by atoms with Crippen molar-refractivity contribution in [1.82, 2.24) is 9.80 Å². The van der Waals surface area contributed by atoms with Gasteiger partial charge in [-0.1, -0.05) is 48.9 Å². The van der Waals surface area contributed by atoms with Gasteiger partial charge in [0.25, 0.3) is 0 Å². The van der Waals surface area contributed by atoms with E-state index in [2.05, 4.69) is 30.0 Å². The summed E-state index contributed by atoms with van der Waals surface area (Å²) in [5.74, 6) is -1.26. The van der Waals surface area contributed by atoms with E-state index in [9.17, 15) is 24.8 Å². The van der Waals surface area contributed by atoms with Crippen molar-refractivity contribution in [1.29, 1.82) is 0 Å². The third kappa shape index (κ3) is 6.48. The van der Waals surface area contributed by atoms with Crippen LogP contribution >= 0.6 is 0 Å². The summed E-state index contributed by atoms with van der Waals surface area (Å²) >= 11 is 0. The van der Waals surface area contributed by atoms with E-state index in [1.54, 1.807) is 4.90 Å². The number of piperidine rings is 1. The largest absolute Gasteiger partial charge is 0.507 e. The van der Waals surface area contributed by atoms with Crippen LogP contribution in [0.25, 0.3) is 6.08 Å². The first-order chi connectivity index (χ1) is 22.2. The Bertz CT molecular complexity index is 1490. The standard InChI is InChI=1S/C37H47BN2O6/c1-4-25(18-27-16-23(2)35(42)24(3)17-27)10-11-32-33-28(22-41)19-30-34(31(33)20-38(45)46-32)37(44)40(36(30)43)29-12-14-39(15-13-29)21-26-8-6-5-7-9-26/h5-9,16-18,29-32,34,41-42,45H,4,10-15,19-22H2,1-3H3/b25-18+/t30-,31+,32-,34-/m1/s1. The monoisotopic (exact) mass is 626 g/mol. The highest BCUT2D eigenvalue weighted by Crippen LogP contribution is 2.51. The van der Waals surface area contributed by atoms with Crippen molar-refractivity contribution in [2.75, 3.05) is 19.7 Å². The van der Waals surface area contributed by atoms with Gasteiger partial charge in [-0.15, -0.1) is 0 Å². The smallest absolute Gasteiger partial charge is 0.455 e. The number of carbonyl (C=O) groups excluding carboxylic acids is 2. The van der Waals surface area contributed by atoms with Gasteiger partial charge in [-0.25, -0.2) is 0 Å². The molecule has 0 spiro atoms. The van der Waals surface area contributed by atoms with Crippen molar-refractivity contribution < 1.29 is 29.5 Å². The van der Waals surface area contributed by atoms with E-state index in [4.69, 9.17) is 4.65 Å². The van der Waals surface area contributed by atoms with Gasteiger partial charge in [0.2, 0.25) is 11.8 Å². The van der Waals surface area contributed by atoms with Gasteiger partial charge in [0.1, 0.15) is 5.75 Å². The van der Waals surface area contributed by atoms with Crippen molar-refractivity contribution >= 4 is 25.0 Å². The molecule has 0 aromatic heterocycles. The molecule has 3 heterocycles. The third-order valence-electron chi connectivity index (χ3n) is 10.8. The zero-order valence-electron chi connectivity index (χ0n) is 27.3. The lowest BCUT2D eigenvalue weighted by atomic mass is 9.58. The molecular weight excluding hydrogens is 579 g/mol. The summed E-state index contributed by atoms with van der Waals surface area (Å²) in [6.45, 7) is 8.22. The fourth-order valence-corrected chi connectivity index (χ4v) is 8.45. The van der Waals surface area contributed by atoms with Gasteiger partial charge in [0.15, 0.2) is 0 Å². The molecule has 0 radical (unpaired) electrons. The van der Waals surface area contributed by atoms with Crippen LogP contribution in [0, 0.1) is 31.6 Å². The van der Waals surface area contributed by atoms with E-state index in [0.29, 0.717) is 18.6 Å². The van der Waals surface area contributed by atoms with E-state index >= 15 is 0 Å². The molecule has 4 atom stereocenters. The minimum absolute atomic E-state index is 0.115. The van der Waals surface area contributed by atoms with Crippen molar-refractivity contribution in [2.45, 2.75) is 84.3 Å². The number of amides is 2. The molecule has 3 N–H and O–H groups in total. The number of likely N-dealkylation sites (tertiary alicyclic amines) is 2. The number of rotatable bonds is 9. The van der Waals surface area contributed by atoms with E-state index in [0.717, 1.165) is 73.2 Å². The molecule has 2 aromatic carbocycles. The number of allylic oxidation sites excluding steroid dienone is 1. The highest BCUT2D eigenvalue weighted by Gasteiger charge is 2.58. The summed E-state index contributed by atoms with van der Waals surface area (Å²) in [5, 5.41) is 31.6. The Morgan fingerprint density at radius 1 is 1.04 bits per heavy atom. The molecule has 1 aliphatic carbocycles. The molecule has 0 saturated carbocycles. The Labute approximate surface area is 272 Å². The summed E-state index contributed by atoms with van der Waals surface area (Å²) in [5.41, 5.74) is 6.87. The minimum Gasteiger partial charge on any atom is -0.507 e. The van der Waals surface area contributed by atoms with Crippen molar-refractivity contribution in [2.24, 2.45) is 17.8 Å². The number of phenols is 1. The summed E-state index contributed by atoms with van der Waals surface area (Å²) in [6.07, 6.45) is 5.98. The molecule has 8 nitrogen and oxygen atoms in total. The predicted molar refractivity (Wildman–Crippen MR) is 179 cm³/mol. The van der Waals surface area contributed by atoms with Gasteiger partial charge in [0.05, 0.1) is 24.5 Å². The topological polar surface area (TPSA) is 111 Å². The molecule has 4 aliphatic rings. The second kappa shape index (κ2) is 13.9. The Morgan fingerprint density at radius 2 is 1.74 bits per heavy atom. The second-order valence-corrected chi connectivity index (χ2v) is 13.7. The number of benzene rings is 2. The van der Waals surface area contributed by atoms with Crippen molar-refractivity contribution in [3.8, 4) is 5.75 Å². The average molecular weight is 627 g/mol. The molecule has 244 valence electrons. The molecule has 3 aliphatic heterocycles. The van der Waals surface area contributed by atoms with E-state index < -0.39 is 25.1 Å². The number of phenolic OH excluding ortho intramolecular Hbond substituents is 1. The van der Waals surface area contributed by atoms with Crippen LogP contribution in [0.15, 0.2) is 59.2 Å². The van der Waals surface area contributed by atoms with Crippen molar-refractivity contribution in [3.63, 3.8) is 0 Å². The van der Waals surface area contributed by atoms with E-state index in [-0.39, 0.29) is 36.7 Å². The average Bonchev–Trinajstić information content (AvgIpc) is 3.30. The first-order valence-corrected chi connectivity index (χ1v) is 17.0. The van der Waals surface area contributed by atoms with Crippen LogP contribution < -0.4 is 0 Å². The molecular formula is C37H47BN2O6. The van der Waals surface area contributed by atoms with Crippen LogP contribution in [0.4, 0.5) is 0 Å². The lowest BCUT2D eigenvalue weighted by molar-refractivity contribution is -0.144. The van der Waals surface area contributed by atoms with Crippen LogP contribution in [0.3, 0.4) is 0 Å². The Morgan fingerprint density at radius 3 is 2.39 bits per heavy atom. The van der Waals surface area contributed by atoms with Gasteiger partial charge < -0.3 is 19.9 Å². The number of hydrogen-bond acceptors (Lipinski definition) is 7. The number of imide groups is 1. The second-order valence-electron chi connectivity index (χ2n) is 13.7. The molecule has 6 rings (SSSR count). The maximum Gasteiger partial charge on any atom is 0.455 e. The number of aliphatic hydroxyl groups excluding tert-OH is 1. The number of aliphatic hydroxyl groups is 1. The molecule has 0 bridgehead atoms. The molecule has 0 unspecified atom stereocenters. The van der Waals surface area contributed by atoms with Gasteiger partial charge in [-0.3, -0.25) is 19.4 Å². The molecule has 46 heavy (non-hydrogen) atoms. The number of aryl methyl sites for hydroxylation is 2. The lowest BCUT2D eigenvalue weighted by Gasteiger charge is -2.43. The first-order valence-electron chi connectivity index (χ1n) is 17.0. The van der Waals surface area contributed by atoms with Gasteiger partial charge >= 0.3 is 7.12 Å². The molecule has 3 fully saturated rings. The number of nitrogens with zero attached hydrogens (tertiary/aromatic N) is 2. The number of carbonyl (C=O) groups is 2. The fraction of sp³-hybridized carbons (Fsp3) is 0.514. The van der Waals surface area contributed by atoms with Gasteiger partial charge in [-0.2, -0.15) is 0 Å². The summed E-state index contributed by atoms with van der Waals surface area (Å²) in [4.78, 5) is 32.0. The van der Waals surface area contributed by atoms with E-state index in [1.807, 2.05) is 44.2 Å². The molecule has 2 aromatic rings. The lowest BCUT2D eigenvalue weighted by Crippen LogP contribution is -2.48. The first kappa shape index (κ1) is 32.7. The quantitative estimate of drug-likeness (QED) is 0.203. The number of aromatic hydroxyl groups is 1. The number of hydrogen-bond donors (Lipinski definition) is 3. The van der Waals surface area contributed by atoms with Crippen LogP contribution in [0.2, 0.25) is 6.32 Å². The molecule has 2 amide bonds. The highest BCUT2D eigenvalue weighted by molar-refractivity contribution is 6.43. The van der Waals surface area contributed by atoms with Crippen molar-refractivity contribution in [3.05, 3.63) is 81.4 Å².